The number of hydrogen-bond donors (Lipinski definition) is 3. The van der Waals surface area contributed by atoms with Crippen LogP contribution < -0.4 is 15.5 Å². The average Bonchev–Trinajstić information content (AvgIpc) is 2.30. The lowest BCUT2D eigenvalue weighted by molar-refractivity contribution is -0.858. The molecule has 0 saturated heterocycles. The first-order chi connectivity index (χ1) is 8.50. The maximum atomic E-state index is 6.05. The van der Waals surface area contributed by atoms with Crippen LogP contribution in [0.3, 0.4) is 0 Å². The number of thiocarbonyl (C=S) groups is 1. The van der Waals surface area contributed by atoms with E-state index in [1.807, 2.05) is 25.1 Å². The van der Waals surface area contributed by atoms with Crippen LogP contribution in [0.15, 0.2) is 18.2 Å². The van der Waals surface area contributed by atoms with Crippen molar-refractivity contribution in [1.82, 2.24) is 5.32 Å². The van der Waals surface area contributed by atoms with Gasteiger partial charge in [-0.1, -0.05) is 17.7 Å². The fraction of sp³-hybridized carbons (Fsp3) is 0.462. The van der Waals surface area contributed by atoms with Crippen molar-refractivity contribution in [2.75, 3.05) is 32.5 Å². The smallest absolute Gasteiger partial charge is 0.170 e. The lowest BCUT2D eigenvalue weighted by atomic mass is 10.2. The number of nitrogens with one attached hydrogen (secondary N) is 3. The molecule has 0 atom stereocenters. The first kappa shape index (κ1) is 15.2. The monoisotopic (exact) mass is 286 g/mol. The van der Waals surface area contributed by atoms with Crippen LogP contribution in [-0.2, 0) is 0 Å². The van der Waals surface area contributed by atoms with Crippen LogP contribution >= 0.6 is 23.8 Å². The maximum absolute atomic E-state index is 6.05. The molecule has 0 bridgehead atoms. The number of rotatable bonds is 5. The summed E-state index contributed by atoms with van der Waals surface area (Å²) in [5, 5.41) is 7.76. The first-order valence-electron chi connectivity index (χ1n) is 6.09. The summed E-state index contributed by atoms with van der Waals surface area (Å²) in [6, 6.07) is 5.76. The Morgan fingerprint density at radius 2 is 2.11 bits per heavy atom. The van der Waals surface area contributed by atoms with Crippen molar-refractivity contribution in [3.8, 4) is 0 Å². The summed E-state index contributed by atoms with van der Waals surface area (Å²) in [7, 11) is 4.29. The molecule has 1 aromatic rings. The molecule has 0 spiro atoms. The van der Waals surface area contributed by atoms with Gasteiger partial charge >= 0.3 is 0 Å². The highest BCUT2D eigenvalue weighted by atomic mass is 35.5. The second kappa shape index (κ2) is 7.56. The Balaban J connectivity index is 2.38. The summed E-state index contributed by atoms with van der Waals surface area (Å²) >= 11 is 11.3. The van der Waals surface area contributed by atoms with Crippen LogP contribution in [0.2, 0.25) is 5.02 Å². The summed E-state index contributed by atoms with van der Waals surface area (Å²) in [5.41, 5.74) is 1.97. The Kier molecular flexibility index (Phi) is 6.39. The molecule has 0 heterocycles. The largest absolute Gasteiger partial charge is 0.362 e. The third-order valence-electron chi connectivity index (χ3n) is 2.66. The second-order valence-corrected chi connectivity index (χ2v) is 5.42. The topological polar surface area (TPSA) is 28.5 Å². The van der Waals surface area contributed by atoms with Crippen LogP contribution in [0.4, 0.5) is 5.69 Å². The molecule has 0 unspecified atom stereocenters. The molecule has 0 radical (unpaired) electrons. The normalized spacial score (nSPS) is 10.5. The van der Waals surface area contributed by atoms with Gasteiger partial charge in [0.15, 0.2) is 5.11 Å². The van der Waals surface area contributed by atoms with E-state index in [0.29, 0.717) is 5.11 Å². The average molecular weight is 287 g/mol. The van der Waals surface area contributed by atoms with Crippen molar-refractivity contribution in [2.45, 2.75) is 13.3 Å². The molecule has 5 heteroatoms. The molecular formula is C13H21ClN3S+. The molecule has 0 aromatic heterocycles. The van der Waals surface area contributed by atoms with E-state index in [-0.39, 0.29) is 0 Å². The molecule has 3 N–H and O–H groups in total. The quantitative estimate of drug-likeness (QED) is 0.566. The highest BCUT2D eigenvalue weighted by molar-refractivity contribution is 7.80. The lowest BCUT2D eigenvalue weighted by Gasteiger charge is -2.13. The van der Waals surface area contributed by atoms with Crippen LogP contribution in [0, 0.1) is 6.92 Å². The van der Waals surface area contributed by atoms with E-state index < -0.39 is 0 Å². The van der Waals surface area contributed by atoms with Crippen LogP contribution in [0.1, 0.15) is 12.0 Å². The molecule has 1 rings (SSSR count). The molecule has 0 amide bonds. The molecule has 18 heavy (non-hydrogen) atoms. The van der Waals surface area contributed by atoms with Gasteiger partial charge in [0.1, 0.15) is 0 Å². The third kappa shape index (κ3) is 5.21. The molecule has 3 nitrogen and oxygen atoms in total. The number of benzene rings is 1. The molecule has 100 valence electrons. The van der Waals surface area contributed by atoms with Crippen molar-refractivity contribution < 1.29 is 4.90 Å². The van der Waals surface area contributed by atoms with Gasteiger partial charge in [-0.3, -0.25) is 0 Å². The van der Waals surface area contributed by atoms with Crippen molar-refractivity contribution in [2.24, 2.45) is 0 Å². The predicted octanol–water partition coefficient (Wildman–Crippen LogP) is 1.47. The summed E-state index contributed by atoms with van der Waals surface area (Å²) in [4.78, 5) is 1.45. The van der Waals surface area contributed by atoms with Gasteiger partial charge in [-0.15, -0.1) is 0 Å². The Morgan fingerprint density at radius 3 is 2.78 bits per heavy atom. The van der Waals surface area contributed by atoms with E-state index in [2.05, 4.69) is 24.7 Å². The van der Waals surface area contributed by atoms with E-state index in [4.69, 9.17) is 23.8 Å². The van der Waals surface area contributed by atoms with E-state index in [9.17, 15) is 0 Å². The molecule has 0 saturated carbocycles. The molecule has 0 fully saturated rings. The zero-order valence-electron chi connectivity index (χ0n) is 11.1. The van der Waals surface area contributed by atoms with Gasteiger partial charge in [-0.25, -0.2) is 0 Å². The molecular weight excluding hydrogens is 266 g/mol. The van der Waals surface area contributed by atoms with Gasteiger partial charge in [0.25, 0.3) is 0 Å². The highest BCUT2D eigenvalue weighted by Gasteiger charge is 2.03. The fourth-order valence-electron chi connectivity index (χ4n) is 1.55. The Labute approximate surface area is 120 Å². The van der Waals surface area contributed by atoms with Crippen LogP contribution in [-0.4, -0.2) is 32.3 Å². The zero-order chi connectivity index (χ0) is 13.5. The minimum Gasteiger partial charge on any atom is -0.362 e. The van der Waals surface area contributed by atoms with E-state index >= 15 is 0 Å². The van der Waals surface area contributed by atoms with Crippen molar-refractivity contribution >= 4 is 34.6 Å². The number of halogens is 1. The zero-order valence-corrected chi connectivity index (χ0v) is 12.7. The third-order valence-corrected chi connectivity index (χ3v) is 3.31. The van der Waals surface area contributed by atoms with Crippen molar-refractivity contribution in [3.05, 3.63) is 28.8 Å². The van der Waals surface area contributed by atoms with Gasteiger partial charge in [-0.2, -0.15) is 0 Å². The molecule has 0 aliphatic heterocycles. The minimum atomic E-state index is 0.647. The number of hydrogen-bond acceptors (Lipinski definition) is 1. The standard InChI is InChI=1S/C13H20ClN3S/c1-10-11(14)6-4-7-12(10)16-13(18)15-8-5-9-17(2)3/h4,6-7H,5,8-9H2,1-3H3,(H2,15,16,18)/p+1. The van der Waals surface area contributed by atoms with Crippen LogP contribution in [0.5, 0.6) is 0 Å². The minimum absolute atomic E-state index is 0.647. The lowest BCUT2D eigenvalue weighted by Crippen LogP contribution is -3.05. The summed E-state index contributed by atoms with van der Waals surface area (Å²) in [5.74, 6) is 0. The molecule has 1 aromatic carbocycles. The second-order valence-electron chi connectivity index (χ2n) is 4.60. The van der Waals surface area contributed by atoms with E-state index in [0.717, 1.165) is 35.8 Å². The maximum Gasteiger partial charge on any atom is 0.170 e. The van der Waals surface area contributed by atoms with Crippen molar-refractivity contribution in [3.63, 3.8) is 0 Å². The van der Waals surface area contributed by atoms with Gasteiger partial charge in [0, 0.05) is 23.7 Å². The Bertz CT molecular complexity index is 407. The van der Waals surface area contributed by atoms with E-state index in [1.54, 1.807) is 0 Å². The van der Waals surface area contributed by atoms with Gasteiger partial charge in [0.2, 0.25) is 0 Å². The highest BCUT2D eigenvalue weighted by Crippen LogP contribution is 2.22. The fourth-order valence-corrected chi connectivity index (χ4v) is 1.94. The van der Waals surface area contributed by atoms with Gasteiger partial charge in [-0.05, 0) is 36.8 Å². The predicted molar refractivity (Wildman–Crippen MR) is 82.7 cm³/mol. The first-order valence-corrected chi connectivity index (χ1v) is 6.88. The van der Waals surface area contributed by atoms with Crippen LogP contribution in [0.25, 0.3) is 0 Å². The number of anilines is 1. The molecule has 0 aliphatic carbocycles. The van der Waals surface area contributed by atoms with E-state index in [1.165, 1.54) is 4.90 Å². The Morgan fingerprint density at radius 1 is 1.39 bits per heavy atom. The van der Waals surface area contributed by atoms with Gasteiger partial charge in [0.05, 0.1) is 20.6 Å². The van der Waals surface area contributed by atoms with Crippen molar-refractivity contribution in [1.29, 1.82) is 0 Å². The summed E-state index contributed by atoms with van der Waals surface area (Å²) < 4.78 is 0. The summed E-state index contributed by atoms with van der Waals surface area (Å²) in [6.45, 7) is 3.99. The SMILES string of the molecule is Cc1c(Cl)cccc1NC(=S)NCCC[NH+](C)C. The Hall–Kier alpha value is -0.840. The summed E-state index contributed by atoms with van der Waals surface area (Å²) in [6.07, 6.45) is 1.10. The van der Waals surface area contributed by atoms with Gasteiger partial charge < -0.3 is 15.5 Å². The molecule has 0 aliphatic rings. The number of quaternary nitrogens is 1.